The van der Waals surface area contributed by atoms with E-state index >= 15 is 0 Å². The first-order valence-electron chi connectivity index (χ1n) is 10.1. The average Bonchev–Trinajstić information content (AvgIpc) is 2.74. The number of para-hydroxylation sites is 1. The molecule has 1 N–H and O–H groups in total. The van der Waals surface area contributed by atoms with Crippen LogP contribution in [0.4, 0.5) is 16.2 Å². The fourth-order valence-electron chi connectivity index (χ4n) is 3.72. The zero-order chi connectivity index (χ0) is 21.0. The number of hydrogen-bond acceptors (Lipinski definition) is 4. The Bertz CT molecular complexity index is 858. The van der Waals surface area contributed by atoms with Gasteiger partial charge >= 0.3 is 6.03 Å². The second-order valence-electron chi connectivity index (χ2n) is 7.64. The van der Waals surface area contributed by atoms with Gasteiger partial charge in [0.15, 0.2) is 0 Å². The lowest BCUT2D eigenvalue weighted by molar-refractivity contribution is 0.208. The number of amides is 2. The summed E-state index contributed by atoms with van der Waals surface area (Å²) in [5, 5.41) is 3.15. The van der Waals surface area contributed by atoms with Crippen LogP contribution in [0, 0.1) is 6.92 Å². The van der Waals surface area contributed by atoms with E-state index in [9.17, 15) is 4.79 Å². The number of aryl methyl sites for hydroxylation is 1. The molecule has 1 fully saturated rings. The molecule has 0 saturated carbocycles. The van der Waals surface area contributed by atoms with Crippen LogP contribution in [0.25, 0.3) is 0 Å². The minimum atomic E-state index is -0.0431. The predicted octanol–water partition coefficient (Wildman–Crippen LogP) is 4.49. The highest BCUT2D eigenvalue weighted by Gasteiger charge is 2.24. The number of piperazine rings is 1. The van der Waals surface area contributed by atoms with Gasteiger partial charge in [-0.1, -0.05) is 32.0 Å². The summed E-state index contributed by atoms with van der Waals surface area (Å²) in [6.45, 7) is 9.09. The SMILES string of the molecule is COc1ccc(OC)c(N2CCN(C(=O)Nc3c(C)cccc3C(C)C)CC2)c1. The van der Waals surface area contributed by atoms with Crippen LogP contribution in [0.3, 0.4) is 0 Å². The third kappa shape index (κ3) is 4.58. The van der Waals surface area contributed by atoms with Crippen molar-refractivity contribution in [2.45, 2.75) is 26.7 Å². The van der Waals surface area contributed by atoms with E-state index in [0.29, 0.717) is 19.0 Å². The summed E-state index contributed by atoms with van der Waals surface area (Å²) in [6, 6.07) is 11.9. The predicted molar refractivity (Wildman–Crippen MR) is 118 cm³/mol. The maximum atomic E-state index is 12.9. The number of urea groups is 1. The number of ether oxygens (including phenoxy) is 2. The molecule has 1 heterocycles. The van der Waals surface area contributed by atoms with E-state index in [1.165, 1.54) is 0 Å². The number of nitrogens with zero attached hydrogens (tertiary/aromatic N) is 2. The van der Waals surface area contributed by atoms with Crippen molar-refractivity contribution in [2.24, 2.45) is 0 Å². The van der Waals surface area contributed by atoms with Gasteiger partial charge in [0.05, 0.1) is 19.9 Å². The fraction of sp³-hybridized carbons (Fsp3) is 0.435. The molecule has 1 aliphatic heterocycles. The average molecular weight is 398 g/mol. The molecule has 29 heavy (non-hydrogen) atoms. The number of methoxy groups -OCH3 is 2. The minimum Gasteiger partial charge on any atom is -0.497 e. The summed E-state index contributed by atoms with van der Waals surface area (Å²) in [6.07, 6.45) is 0. The number of anilines is 2. The molecule has 0 aliphatic carbocycles. The van der Waals surface area contributed by atoms with E-state index in [0.717, 1.165) is 47.1 Å². The van der Waals surface area contributed by atoms with Gasteiger partial charge in [0.1, 0.15) is 11.5 Å². The molecular formula is C23H31N3O3. The van der Waals surface area contributed by atoms with Gasteiger partial charge in [-0.05, 0) is 36.1 Å². The fourth-order valence-corrected chi connectivity index (χ4v) is 3.72. The normalized spacial score (nSPS) is 14.1. The molecule has 2 aromatic rings. The summed E-state index contributed by atoms with van der Waals surface area (Å²) in [5.74, 6) is 1.95. The lowest BCUT2D eigenvalue weighted by atomic mass is 9.98. The summed E-state index contributed by atoms with van der Waals surface area (Å²) >= 11 is 0. The molecule has 3 rings (SSSR count). The molecule has 6 heteroatoms. The van der Waals surface area contributed by atoms with E-state index in [4.69, 9.17) is 9.47 Å². The highest BCUT2D eigenvalue weighted by Crippen LogP contribution is 2.33. The second kappa shape index (κ2) is 9.07. The van der Waals surface area contributed by atoms with Crippen molar-refractivity contribution in [2.75, 3.05) is 50.6 Å². The van der Waals surface area contributed by atoms with Crippen molar-refractivity contribution in [3.05, 3.63) is 47.5 Å². The van der Waals surface area contributed by atoms with Gasteiger partial charge in [-0.15, -0.1) is 0 Å². The molecule has 2 aromatic carbocycles. The van der Waals surface area contributed by atoms with Crippen LogP contribution >= 0.6 is 0 Å². The van der Waals surface area contributed by atoms with Crippen LogP contribution < -0.4 is 19.7 Å². The molecule has 0 atom stereocenters. The molecule has 0 unspecified atom stereocenters. The summed E-state index contributed by atoms with van der Waals surface area (Å²) in [7, 11) is 3.33. The molecule has 1 aliphatic rings. The number of carbonyl (C=O) groups is 1. The Kier molecular flexibility index (Phi) is 6.52. The van der Waals surface area contributed by atoms with Gasteiger partial charge in [-0.25, -0.2) is 4.79 Å². The molecule has 156 valence electrons. The van der Waals surface area contributed by atoms with Gasteiger partial charge in [0.2, 0.25) is 0 Å². The van der Waals surface area contributed by atoms with E-state index in [1.807, 2.05) is 42.2 Å². The van der Waals surface area contributed by atoms with Gasteiger partial charge in [0, 0.05) is 37.9 Å². The Balaban J connectivity index is 1.68. The molecule has 0 radical (unpaired) electrons. The summed E-state index contributed by atoms with van der Waals surface area (Å²) in [4.78, 5) is 17.0. The van der Waals surface area contributed by atoms with Crippen LogP contribution in [0.15, 0.2) is 36.4 Å². The smallest absolute Gasteiger partial charge is 0.321 e. The Hall–Kier alpha value is -2.89. The number of benzene rings is 2. The van der Waals surface area contributed by atoms with Crippen LogP contribution in [0.1, 0.15) is 30.9 Å². The van der Waals surface area contributed by atoms with Crippen molar-refractivity contribution in [1.29, 1.82) is 0 Å². The largest absolute Gasteiger partial charge is 0.497 e. The molecule has 0 spiro atoms. The number of carbonyl (C=O) groups excluding carboxylic acids is 1. The second-order valence-corrected chi connectivity index (χ2v) is 7.64. The van der Waals surface area contributed by atoms with E-state index in [2.05, 4.69) is 30.1 Å². The van der Waals surface area contributed by atoms with Crippen molar-refractivity contribution in [1.82, 2.24) is 4.90 Å². The van der Waals surface area contributed by atoms with Gasteiger partial charge in [0.25, 0.3) is 0 Å². The van der Waals surface area contributed by atoms with Crippen LogP contribution in [0.5, 0.6) is 11.5 Å². The molecule has 0 aromatic heterocycles. The Labute approximate surface area is 173 Å². The van der Waals surface area contributed by atoms with Gasteiger partial charge in [-0.3, -0.25) is 0 Å². The van der Waals surface area contributed by atoms with E-state index in [-0.39, 0.29) is 6.03 Å². The minimum absolute atomic E-state index is 0.0431. The third-order valence-electron chi connectivity index (χ3n) is 5.45. The van der Waals surface area contributed by atoms with Crippen molar-refractivity contribution < 1.29 is 14.3 Å². The van der Waals surface area contributed by atoms with E-state index < -0.39 is 0 Å². The van der Waals surface area contributed by atoms with Gasteiger partial charge in [-0.2, -0.15) is 0 Å². The zero-order valence-electron chi connectivity index (χ0n) is 18.0. The maximum absolute atomic E-state index is 12.9. The topological polar surface area (TPSA) is 54.0 Å². The summed E-state index contributed by atoms with van der Waals surface area (Å²) in [5.41, 5.74) is 4.18. The van der Waals surface area contributed by atoms with E-state index in [1.54, 1.807) is 14.2 Å². The molecule has 2 amide bonds. The highest BCUT2D eigenvalue weighted by atomic mass is 16.5. The van der Waals surface area contributed by atoms with Crippen molar-refractivity contribution >= 4 is 17.4 Å². The molecule has 1 saturated heterocycles. The lowest BCUT2D eigenvalue weighted by Crippen LogP contribution is -2.50. The number of rotatable bonds is 5. The van der Waals surface area contributed by atoms with Crippen LogP contribution in [-0.2, 0) is 0 Å². The third-order valence-corrected chi connectivity index (χ3v) is 5.45. The maximum Gasteiger partial charge on any atom is 0.321 e. The first kappa shape index (κ1) is 20.8. The van der Waals surface area contributed by atoms with Crippen LogP contribution in [0.2, 0.25) is 0 Å². The number of nitrogens with one attached hydrogen (secondary N) is 1. The number of hydrogen-bond donors (Lipinski definition) is 1. The van der Waals surface area contributed by atoms with Gasteiger partial charge < -0.3 is 24.6 Å². The first-order chi connectivity index (χ1) is 13.9. The first-order valence-corrected chi connectivity index (χ1v) is 10.1. The summed E-state index contributed by atoms with van der Waals surface area (Å²) < 4.78 is 10.9. The van der Waals surface area contributed by atoms with Crippen molar-refractivity contribution in [3.63, 3.8) is 0 Å². The Morgan fingerprint density at radius 2 is 1.76 bits per heavy atom. The van der Waals surface area contributed by atoms with Crippen LogP contribution in [-0.4, -0.2) is 51.3 Å². The monoisotopic (exact) mass is 397 g/mol. The zero-order valence-corrected chi connectivity index (χ0v) is 18.0. The van der Waals surface area contributed by atoms with Crippen molar-refractivity contribution in [3.8, 4) is 11.5 Å². The Morgan fingerprint density at radius 1 is 1.03 bits per heavy atom. The standard InChI is InChI=1S/C23H31N3O3/c1-16(2)19-8-6-7-17(3)22(19)24-23(27)26-13-11-25(12-14-26)20-15-18(28-4)9-10-21(20)29-5/h6-10,15-16H,11-14H2,1-5H3,(H,24,27). The molecule has 6 nitrogen and oxygen atoms in total. The quantitative estimate of drug-likeness (QED) is 0.808. The molecular weight excluding hydrogens is 366 g/mol. The Morgan fingerprint density at radius 3 is 2.38 bits per heavy atom. The highest BCUT2D eigenvalue weighted by molar-refractivity contribution is 5.91. The lowest BCUT2D eigenvalue weighted by Gasteiger charge is -2.37. The molecule has 0 bridgehead atoms.